The Bertz CT molecular complexity index is 561. The smallest absolute Gasteiger partial charge is 0.220 e. The van der Waals surface area contributed by atoms with Crippen LogP contribution in [0.1, 0.15) is 23.4 Å². The quantitative estimate of drug-likeness (QED) is 0.760. The van der Waals surface area contributed by atoms with Gasteiger partial charge in [0.25, 0.3) is 0 Å². The third-order valence-electron chi connectivity index (χ3n) is 3.22. The molecule has 2 heterocycles. The van der Waals surface area contributed by atoms with Crippen molar-refractivity contribution in [2.75, 3.05) is 18.4 Å². The Kier molecular flexibility index (Phi) is 5.31. The highest BCUT2D eigenvalue weighted by Crippen LogP contribution is 2.14. The van der Waals surface area contributed by atoms with E-state index in [9.17, 15) is 4.79 Å². The third kappa shape index (κ3) is 4.59. The summed E-state index contributed by atoms with van der Waals surface area (Å²) in [6, 6.07) is 3.80. The van der Waals surface area contributed by atoms with Gasteiger partial charge in [0.2, 0.25) is 5.91 Å². The molecule has 0 aliphatic rings. The van der Waals surface area contributed by atoms with Crippen molar-refractivity contribution in [3.05, 3.63) is 41.5 Å². The summed E-state index contributed by atoms with van der Waals surface area (Å²) >= 11 is 0. The molecule has 2 rings (SSSR count). The normalized spacial score (nSPS) is 10.4. The fourth-order valence-electron chi connectivity index (χ4n) is 2.06. The van der Waals surface area contributed by atoms with Crippen LogP contribution in [0.15, 0.2) is 29.0 Å². The second-order valence-electron chi connectivity index (χ2n) is 4.82. The lowest BCUT2D eigenvalue weighted by molar-refractivity contribution is -0.120. The second kappa shape index (κ2) is 7.42. The van der Waals surface area contributed by atoms with Crippen LogP contribution in [-0.2, 0) is 11.2 Å². The molecule has 6 heteroatoms. The zero-order chi connectivity index (χ0) is 15.1. The fourth-order valence-corrected chi connectivity index (χ4v) is 2.06. The first-order chi connectivity index (χ1) is 10.2. The summed E-state index contributed by atoms with van der Waals surface area (Å²) < 4.78 is 5.08. The van der Waals surface area contributed by atoms with Crippen molar-refractivity contribution in [2.45, 2.75) is 26.7 Å². The van der Waals surface area contributed by atoms with E-state index in [0.717, 1.165) is 22.7 Å². The number of hydrogen-bond donors (Lipinski definition) is 2. The number of nitrogens with zero attached hydrogens (tertiary/aromatic N) is 2. The van der Waals surface area contributed by atoms with Gasteiger partial charge in [-0.25, -0.2) is 0 Å². The van der Waals surface area contributed by atoms with Gasteiger partial charge in [-0.15, -0.1) is 0 Å². The summed E-state index contributed by atoms with van der Waals surface area (Å²) in [5.41, 5.74) is 2.83. The second-order valence-corrected chi connectivity index (χ2v) is 4.82. The topological polar surface area (TPSA) is 80.0 Å². The largest absolute Gasteiger partial charge is 0.382 e. The summed E-state index contributed by atoms with van der Waals surface area (Å²) in [5, 5.41) is 9.95. The first kappa shape index (κ1) is 15.0. The fraction of sp³-hybridized carbons (Fsp3) is 0.400. The van der Waals surface area contributed by atoms with Crippen LogP contribution < -0.4 is 10.6 Å². The summed E-state index contributed by atoms with van der Waals surface area (Å²) in [5.74, 6) is 0.821. The van der Waals surface area contributed by atoms with Crippen LogP contribution in [0.25, 0.3) is 0 Å². The zero-order valence-electron chi connectivity index (χ0n) is 12.3. The van der Waals surface area contributed by atoms with Gasteiger partial charge >= 0.3 is 0 Å². The Morgan fingerprint density at radius 1 is 1.33 bits per heavy atom. The average molecular weight is 288 g/mol. The molecular weight excluding hydrogens is 268 g/mol. The van der Waals surface area contributed by atoms with Gasteiger partial charge in [-0.1, -0.05) is 5.16 Å². The van der Waals surface area contributed by atoms with Gasteiger partial charge in [0.15, 0.2) is 0 Å². The molecule has 0 aromatic carbocycles. The molecule has 2 aromatic rings. The van der Waals surface area contributed by atoms with E-state index in [-0.39, 0.29) is 5.91 Å². The van der Waals surface area contributed by atoms with Crippen LogP contribution in [0.3, 0.4) is 0 Å². The van der Waals surface area contributed by atoms with E-state index >= 15 is 0 Å². The minimum atomic E-state index is 0.0305. The number of aromatic nitrogens is 2. The average Bonchev–Trinajstić information content (AvgIpc) is 2.81. The molecule has 6 nitrogen and oxygen atoms in total. The predicted octanol–water partition coefficient (Wildman–Crippen LogP) is 1.85. The van der Waals surface area contributed by atoms with E-state index in [1.807, 2.05) is 26.0 Å². The van der Waals surface area contributed by atoms with E-state index in [2.05, 4.69) is 20.8 Å². The molecule has 0 bridgehead atoms. The van der Waals surface area contributed by atoms with E-state index in [1.165, 1.54) is 0 Å². The number of aryl methyl sites for hydroxylation is 2. The minimum absolute atomic E-state index is 0.0305. The van der Waals surface area contributed by atoms with Gasteiger partial charge in [0.1, 0.15) is 5.76 Å². The molecule has 112 valence electrons. The molecule has 0 aliphatic carbocycles. The maximum Gasteiger partial charge on any atom is 0.220 e. The number of pyridine rings is 1. The zero-order valence-corrected chi connectivity index (χ0v) is 12.3. The number of carbonyl (C=O) groups is 1. The first-order valence-electron chi connectivity index (χ1n) is 6.99. The lowest BCUT2D eigenvalue weighted by Gasteiger charge is -2.07. The Morgan fingerprint density at radius 3 is 2.86 bits per heavy atom. The van der Waals surface area contributed by atoms with Gasteiger partial charge < -0.3 is 15.2 Å². The Balaban J connectivity index is 1.64. The van der Waals surface area contributed by atoms with Crippen molar-refractivity contribution in [3.63, 3.8) is 0 Å². The van der Waals surface area contributed by atoms with Crippen molar-refractivity contribution in [2.24, 2.45) is 0 Å². The van der Waals surface area contributed by atoms with Gasteiger partial charge in [-0.3, -0.25) is 9.78 Å². The highest BCUT2D eigenvalue weighted by molar-refractivity contribution is 5.76. The molecule has 0 saturated heterocycles. The van der Waals surface area contributed by atoms with E-state index in [0.29, 0.717) is 25.9 Å². The Morgan fingerprint density at radius 2 is 2.19 bits per heavy atom. The molecule has 0 spiro atoms. The van der Waals surface area contributed by atoms with Crippen molar-refractivity contribution < 1.29 is 9.32 Å². The maximum atomic E-state index is 11.8. The Labute approximate surface area is 123 Å². The molecule has 0 fully saturated rings. The van der Waals surface area contributed by atoms with E-state index in [4.69, 9.17) is 4.52 Å². The van der Waals surface area contributed by atoms with Gasteiger partial charge in [0.05, 0.1) is 11.4 Å². The standard InChI is InChI=1S/C15H20N4O2/c1-11-14(12(2)21-19-11)5-6-15(20)18-9-8-17-13-4-3-7-16-10-13/h3-4,7,10,17H,5-6,8-9H2,1-2H3,(H,18,20). The van der Waals surface area contributed by atoms with Crippen LogP contribution in [0.4, 0.5) is 5.69 Å². The van der Waals surface area contributed by atoms with E-state index < -0.39 is 0 Å². The molecular formula is C15H20N4O2. The maximum absolute atomic E-state index is 11.8. The number of amides is 1. The van der Waals surface area contributed by atoms with Gasteiger partial charge in [-0.2, -0.15) is 0 Å². The van der Waals surface area contributed by atoms with Gasteiger partial charge in [0, 0.05) is 37.5 Å². The lowest BCUT2D eigenvalue weighted by atomic mass is 10.1. The molecule has 2 aromatic heterocycles. The van der Waals surface area contributed by atoms with Crippen LogP contribution >= 0.6 is 0 Å². The molecule has 0 aliphatic heterocycles. The Hall–Kier alpha value is -2.37. The van der Waals surface area contributed by atoms with Crippen molar-refractivity contribution in [1.29, 1.82) is 0 Å². The van der Waals surface area contributed by atoms with Crippen LogP contribution in [-0.4, -0.2) is 29.1 Å². The van der Waals surface area contributed by atoms with Crippen LogP contribution in [0.5, 0.6) is 0 Å². The number of carbonyl (C=O) groups excluding carboxylic acids is 1. The van der Waals surface area contributed by atoms with Gasteiger partial charge in [-0.05, 0) is 32.4 Å². The van der Waals surface area contributed by atoms with Crippen LogP contribution in [0, 0.1) is 13.8 Å². The highest BCUT2D eigenvalue weighted by Gasteiger charge is 2.10. The minimum Gasteiger partial charge on any atom is -0.382 e. The monoisotopic (exact) mass is 288 g/mol. The number of anilines is 1. The molecule has 2 N–H and O–H groups in total. The summed E-state index contributed by atoms with van der Waals surface area (Å²) in [6.45, 7) is 5.00. The highest BCUT2D eigenvalue weighted by atomic mass is 16.5. The molecule has 0 atom stereocenters. The first-order valence-corrected chi connectivity index (χ1v) is 6.99. The number of hydrogen-bond acceptors (Lipinski definition) is 5. The number of rotatable bonds is 7. The van der Waals surface area contributed by atoms with E-state index in [1.54, 1.807) is 12.4 Å². The summed E-state index contributed by atoms with van der Waals surface area (Å²) in [6.07, 6.45) is 4.57. The SMILES string of the molecule is Cc1noc(C)c1CCC(=O)NCCNc1cccnc1. The molecule has 1 amide bonds. The van der Waals surface area contributed by atoms with Crippen molar-refractivity contribution >= 4 is 11.6 Å². The molecule has 0 unspecified atom stereocenters. The molecule has 0 radical (unpaired) electrons. The number of nitrogens with one attached hydrogen (secondary N) is 2. The van der Waals surface area contributed by atoms with Crippen molar-refractivity contribution in [1.82, 2.24) is 15.5 Å². The molecule has 21 heavy (non-hydrogen) atoms. The third-order valence-corrected chi connectivity index (χ3v) is 3.22. The lowest BCUT2D eigenvalue weighted by Crippen LogP contribution is -2.29. The molecule has 0 saturated carbocycles. The predicted molar refractivity (Wildman–Crippen MR) is 80.0 cm³/mol. The summed E-state index contributed by atoms with van der Waals surface area (Å²) in [7, 11) is 0. The van der Waals surface area contributed by atoms with Crippen LogP contribution in [0.2, 0.25) is 0 Å². The summed E-state index contributed by atoms with van der Waals surface area (Å²) in [4.78, 5) is 15.8. The van der Waals surface area contributed by atoms with Crippen molar-refractivity contribution in [3.8, 4) is 0 Å².